The van der Waals surface area contributed by atoms with E-state index in [1.807, 2.05) is 30.3 Å². The summed E-state index contributed by atoms with van der Waals surface area (Å²) in [5.74, 6) is 0.155. The van der Waals surface area contributed by atoms with Crippen LogP contribution in [0.4, 0.5) is 4.39 Å². The number of halogens is 1. The minimum Gasteiger partial charge on any atom is -0.491 e. The molecule has 7 nitrogen and oxygen atoms in total. The maximum atomic E-state index is 13.3. The second-order valence-electron chi connectivity index (χ2n) is 9.59. The minimum absolute atomic E-state index is 0.105. The first-order valence-electron chi connectivity index (χ1n) is 12.8. The highest BCUT2D eigenvalue weighted by atomic mass is 19.1. The van der Waals surface area contributed by atoms with Gasteiger partial charge in [-0.2, -0.15) is 0 Å². The molecule has 0 fully saturated rings. The van der Waals surface area contributed by atoms with Gasteiger partial charge in [-0.3, -0.25) is 9.59 Å². The summed E-state index contributed by atoms with van der Waals surface area (Å²) in [6, 6.07) is 19.5. The predicted octanol–water partition coefficient (Wildman–Crippen LogP) is 4.41. The second-order valence-corrected chi connectivity index (χ2v) is 9.59. The average Bonchev–Trinajstić information content (AvgIpc) is 2.96. The summed E-state index contributed by atoms with van der Waals surface area (Å²) < 4.78 is 19.6. The number of aromatic nitrogens is 2. The van der Waals surface area contributed by atoms with Gasteiger partial charge < -0.3 is 14.5 Å². The molecule has 1 aromatic heterocycles. The number of likely N-dealkylation sites (N-methyl/N-ethyl adjacent to an activating group) is 1. The molecule has 8 heteroatoms. The molecule has 2 heterocycles. The van der Waals surface area contributed by atoms with Gasteiger partial charge in [0.2, 0.25) is 5.91 Å². The lowest BCUT2D eigenvalue weighted by atomic mass is 9.98. The Hall–Kier alpha value is -4.59. The highest BCUT2D eigenvalue weighted by molar-refractivity contribution is 5.94. The molecule has 0 spiro atoms. The summed E-state index contributed by atoms with van der Waals surface area (Å²) in [6.07, 6.45) is 5.72. The number of hydrogen-bond acceptors (Lipinski definition) is 5. The third-order valence-corrected chi connectivity index (χ3v) is 6.82. The molecule has 0 saturated heterocycles. The Labute approximate surface area is 226 Å². The molecular formula is C31H29FN4O3. The van der Waals surface area contributed by atoms with Crippen LogP contribution < -0.4 is 4.74 Å². The van der Waals surface area contributed by atoms with E-state index in [2.05, 4.69) is 16.0 Å². The van der Waals surface area contributed by atoms with E-state index in [0.29, 0.717) is 37.4 Å². The van der Waals surface area contributed by atoms with Crippen LogP contribution >= 0.6 is 0 Å². The number of rotatable bonds is 3. The van der Waals surface area contributed by atoms with E-state index >= 15 is 0 Å². The molecule has 0 N–H and O–H groups in total. The van der Waals surface area contributed by atoms with Crippen LogP contribution in [0.2, 0.25) is 0 Å². The zero-order valence-corrected chi connectivity index (χ0v) is 21.7. The number of carbonyl (C=O) groups excluding carboxylic acids is 2. The quantitative estimate of drug-likeness (QED) is 0.397. The molecule has 198 valence electrons. The molecule has 0 radical (unpaired) electrons. The van der Waals surface area contributed by atoms with Crippen molar-refractivity contribution in [3.05, 3.63) is 114 Å². The van der Waals surface area contributed by atoms with E-state index in [9.17, 15) is 14.0 Å². The maximum Gasteiger partial charge on any atom is 0.253 e. The van der Waals surface area contributed by atoms with Crippen LogP contribution in [0, 0.1) is 5.82 Å². The molecule has 1 aliphatic rings. The first-order chi connectivity index (χ1) is 19.0. The first kappa shape index (κ1) is 26.0. The monoisotopic (exact) mass is 524 g/mol. The topological polar surface area (TPSA) is 75.6 Å². The maximum absolute atomic E-state index is 13.3. The Bertz CT molecular complexity index is 1460. The number of carbonyl (C=O) groups is 2. The Morgan fingerprint density at radius 1 is 0.923 bits per heavy atom. The van der Waals surface area contributed by atoms with Crippen LogP contribution in [0.1, 0.15) is 27.0 Å². The van der Waals surface area contributed by atoms with Crippen molar-refractivity contribution in [2.75, 3.05) is 33.3 Å². The van der Waals surface area contributed by atoms with Crippen molar-refractivity contribution in [1.29, 1.82) is 0 Å². The molecule has 3 aromatic carbocycles. The van der Waals surface area contributed by atoms with E-state index < -0.39 is 0 Å². The van der Waals surface area contributed by atoms with Gasteiger partial charge >= 0.3 is 0 Å². The van der Waals surface area contributed by atoms with Gasteiger partial charge in [0.15, 0.2) is 0 Å². The summed E-state index contributed by atoms with van der Waals surface area (Å²) in [4.78, 5) is 38.0. The van der Waals surface area contributed by atoms with Crippen LogP contribution in [0.3, 0.4) is 0 Å². The minimum atomic E-state index is -0.344. The summed E-state index contributed by atoms with van der Waals surface area (Å²) in [5.41, 5.74) is 5.12. The van der Waals surface area contributed by atoms with Gasteiger partial charge in [-0.1, -0.05) is 30.3 Å². The van der Waals surface area contributed by atoms with Gasteiger partial charge in [0.05, 0.1) is 13.0 Å². The second kappa shape index (κ2) is 11.9. The first-order valence-corrected chi connectivity index (χ1v) is 12.8. The standard InChI is InChI=1S/C31H29FN4O3/c1-35-11-12-36(30(37)17-22-5-8-28(32)9-6-22)13-14-39-29-10-7-24(27-19-33-21-34-20-27)18-26(29)16-23-3-2-4-25(15-23)31(35)38/h2-10,15,18-21H,11-14,16-17H2,1H3. The Kier molecular flexibility index (Phi) is 7.91. The van der Waals surface area contributed by atoms with Crippen molar-refractivity contribution < 1.29 is 18.7 Å². The van der Waals surface area contributed by atoms with E-state index in [1.54, 1.807) is 47.4 Å². The van der Waals surface area contributed by atoms with Gasteiger partial charge in [0.25, 0.3) is 5.91 Å². The fourth-order valence-corrected chi connectivity index (χ4v) is 4.63. The van der Waals surface area contributed by atoms with Crippen LogP contribution in [0.5, 0.6) is 5.75 Å². The van der Waals surface area contributed by atoms with E-state index in [1.165, 1.54) is 18.5 Å². The van der Waals surface area contributed by atoms with E-state index in [0.717, 1.165) is 27.8 Å². The zero-order chi connectivity index (χ0) is 27.2. The van der Waals surface area contributed by atoms with Crippen LogP contribution in [0.15, 0.2) is 85.5 Å². The lowest BCUT2D eigenvalue weighted by molar-refractivity contribution is -0.131. The Morgan fingerprint density at radius 3 is 2.51 bits per heavy atom. The number of ether oxygens (including phenoxy) is 1. The third kappa shape index (κ3) is 6.46. The lowest BCUT2D eigenvalue weighted by Crippen LogP contribution is -2.42. The van der Waals surface area contributed by atoms with Crippen LogP contribution in [-0.2, 0) is 17.6 Å². The fraction of sp³-hybridized carbons (Fsp3) is 0.226. The summed E-state index contributed by atoms with van der Waals surface area (Å²) in [5, 5.41) is 0. The number of benzene rings is 3. The normalized spacial score (nSPS) is 14.3. The molecular weight excluding hydrogens is 495 g/mol. The lowest BCUT2D eigenvalue weighted by Gasteiger charge is -2.27. The Morgan fingerprint density at radius 2 is 1.72 bits per heavy atom. The molecule has 2 amide bonds. The largest absolute Gasteiger partial charge is 0.491 e. The molecule has 5 rings (SSSR count). The van der Waals surface area contributed by atoms with Gasteiger partial charge in [-0.15, -0.1) is 0 Å². The smallest absolute Gasteiger partial charge is 0.253 e. The number of hydrogen-bond donors (Lipinski definition) is 0. The molecule has 0 unspecified atom stereocenters. The summed E-state index contributed by atoms with van der Waals surface area (Å²) in [6.45, 7) is 1.36. The highest BCUT2D eigenvalue weighted by Crippen LogP contribution is 2.29. The number of fused-ring (bicyclic) bond motifs is 3. The molecule has 39 heavy (non-hydrogen) atoms. The van der Waals surface area contributed by atoms with Crippen LogP contribution in [-0.4, -0.2) is 64.9 Å². The highest BCUT2D eigenvalue weighted by Gasteiger charge is 2.19. The summed E-state index contributed by atoms with van der Waals surface area (Å²) in [7, 11) is 1.74. The van der Waals surface area contributed by atoms with E-state index in [-0.39, 0.29) is 30.7 Å². The molecule has 4 aromatic rings. The average molecular weight is 525 g/mol. The van der Waals surface area contributed by atoms with Gasteiger partial charge in [0, 0.05) is 50.1 Å². The van der Waals surface area contributed by atoms with Crippen molar-refractivity contribution in [3.8, 4) is 16.9 Å². The third-order valence-electron chi connectivity index (χ3n) is 6.82. The summed E-state index contributed by atoms with van der Waals surface area (Å²) >= 11 is 0. The number of nitrogens with zero attached hydrogens (tertiary/aromatic N) is 4. The van der Waals surface area contributed by atoms with Crippen molar-refractivity contribution >= 4 is 11.8 Å². The molecule has 0 saturated carbocycles. The van der Waals surface area contributed by atoms with E-state index in [4.69, 9.17) is 4.74 Å². The molecule has 1 aliphatic heterocycles. The van der Waals surface area contributed by atoms with Gasteiger partial charge in [-0.25, -0.2) is 14.4 Å². The predicted molar refractivity (Wildman–Crippen MR) is 146 cm³/mol. The van der Waals surface area contributed by atoms with Crippen molar-refractivity contribution in [1.82, 2.24) is 19.8 Å². The van der Waals surface area contributed by atoms with Crippen molar-refractivity contribution in [3.63, 3.8) is 0 Å². The van der Waals surface area contributed by atoms with Crippen molar-refractivity contribution in [2.45, 2.75) is 12.8 Å². The van der Waals surface area contributed by atoms with Gasteiger partial charge in [-0.05, 0) is 58.7 Å². The van der Waals surface area contributed by atoms with Crippen molar-refractivity contribution in [2.24, 2.45) is 0 Å². The van der Waals surface area contributed by atoms with Gasteiger partial charge in [0.1, 0.15) is 24.5 Å². The zero-order valence-electron chi connectivity index (χ0n) is 21.7. The fourth-order valence-electron chi connectivity index (χ4n) is 4.63. The molecule has 2 bridgehead atoms. The molecule has 0 aliphatic carbocycles. The Balaban J connectivity index is 1.44. The SMILES string of the molecule is CN1CCN(C(=O)Cc2ccc(F)cc2)CCOc2ccc(-c3cncnc3)cc2Cc2cccc(c2)C1=O. The molecule has 0 atom stereocenters. The van der Waals surface area contributed by atoms with Crippen LogP contribution in [0.25, 0.3) is 11.1 Å². The number of amides is 2.